The second-order valence-corrected chi connectivity index (χ2v) is 7.97. The molecule has 0 bridgehead atoms. The average molecular weight is 460 g/mol. The van der Waals surface area contributed by atoms with Gasteiger partial charge < -0.3 is 10.6 Å². The molecular formula is C21H18F6N2OS. The summed E-state index contributed by atoms with van der Waals surface area (Å²) in [4.78, 5) is 10.3. The Morgan fingerprint density at radius 2 is 1.77 bits per heavy atom. The molecule has 10 heteroatoms. The van der Waals surface area contributed by atoms with Crippen LogP contribution in [-0.2, 0) is 17.1 Å². The van der Waals surface area contributed by atoms with E-state index in [1.807, 2.05) is 0 Å². The summed E-state index contributed by atoms with van der Waals surface area (Å²) < 4.78 is 82.2. The van der Waals surface area contributed by atoms with E-state index >= 15 is 0 Å². The van der Waals surface area contributed by atoms with Crippen LogP contribution in [0.25, 0.3) is 6.08 Å². The van der Waals surface area contributed by atoms with E-state index in [2.05, 4.69) is 10.6 Å². The van der Waals surface area contributed by atoms with E-state index in [1.165, 1.54) is 6.07 Å². The molecule has 0 saturated carbocycles. The number of hydrogen-bond acceptors (Lipinski definition) is 4. The highest BCUT2D eigenvalue weighted by atomic mass is 32.2. The van der Waals surface area contributed by atoms with Gasteiger partial charge in [0.1, 0.15) is 6.29 Å². The standard InChI is InChI=1S/C21H18F6N2OS/c22-20(23,24)18-13(3-2-10-30)6-7-17(19(18)21(25,26)27)31-16-5-1-4-14(11-16)29-15-8-9-28-12-15/h1-7,10-11,15,28-29H,8-9,12H2/b3-2+. The van der Waals surface area contributed by atoms with Gasteiger partial charge in [-0.2, -0.15) is 26.3 Å². The third-order valence-corrected chi connectivity index (χ3v) is 5.66. The number of benzene rings is 2. The third kappa shape index (κ3) is 5.82. The van der Waals surface area contributed by atoms with Crippen molar-refractivity contribution in [2.24, 2.45) is 0 Å². The molecule has 2 aromatic carbocycles. The van der Waals surface area contributed by atoms with Crippen LogP contribution in [0.15, 0.2) is 52.3 Å². The number of hydrogen-bond donors (Lipinski definition) is 2. The van der Waals surface area contributed by atoms with Crippen molar-refractivity contribution >= 4 is 29.8 Å². The van der Waals surface area contributed by atoms with E-state index in [9.17, 15) is 31.1 Å². The van der Waals surface area contributed by atoms with Crippen LogP contribution in [0.4, 0.5) is 32.0 Å². The summed E-state index contributed by atoms with van der Waals surface area (Å²) in [6, 6.07) is 8.63. The average Bonchev–Trinajstić information content (AvgIpc) is 3.18. The molecule has 0 aromatic heterocycles. The van der Waals surface area contributed by atoms with Crippen LogP contribution in [0.1, 0.15) is 23.1 Å². The fourth-order valence-electron chi connectivity index (χ4n) is 3.34. The molecule has 1 fully saturated rings. The topological polar surface area (TPSA) is 41.1 Å². The van der Waals surface area contributed by atoms with Crippen molar-refractivity contribution in [3.63, 3.8) is 0 Å². The van der Waals surface area contributed by atoms with Gasteiger partial charge >= 0.3 is 12.4 Å². The number of carbonyl (C=O) groups excluding carboxylic acids is 1. The van der Waals surface area contributed by atoms with E-state index in [0.717, 1.165) is 43.8 Å². The number of anilines is 1. The molecule has 0 spiro atoms. The fraction of sp³-hybridized carbons (Fsp3) is 0.286. The summed E-state index contributed by atoms with van der Waals surface area (Å²) in [5, 5.41) is 6.44. The molecule has 0 radical (unpaired) electrons. The highest BCUT2D eigenvalue weighted by Gasteiger charge is 2.46. The number of rotatable bonds is 6. The van der Waals surface area contributed by atoms with E-state index in [0.29, 0.717) is 22.3 Å². The van der Waals surface area contributed by atoms with Gasteiger partial charge in [-0.3, -0.25) is 4.79 Å². The fourth-order valence-corrected chi connectivity index (χ4v) is 4.39. The highest BCUT2D eigenvalue weighted by molar-refractivity contribution is 7.99. The maximum absolute atomic E-state index is 13.8. The first kappa shape index (κ1) is 23.2. The lowest BCUT2D eigenvalue weighted by atomic mass is 9.99. The lowest BCUT2D eigenvalue weighted by molar-refractivity contribution is -0.163. The van der Waals surface area contributed by atoms with Crippen molar-refractivity contribution < 1.29 is 31.1 Å². The molecule has 0 amide bonds. The molecule has 3 rings (SSSR count). The van der Waals surface area contributed by atoms with E-state index in [1.54, 1.807) is 18.2 Å². The zero-order valence-corrected chi connectivity index (χ0v) is 16.8. The minimum atomic E-state index is -5.26. The first-order valence-corrected chi connectivity index (χ1v) is 10.1. The lowest BCUT2D eigenvalue weighted by Crippen LogP contribution is -2.22. The summed E-state index contributed by atoms with van der Waals surface area (Å²) in [6.07, 6.45) is -7.97. The molecule has 1 saturated heterocycles. The van der Waals surface area contributed by atoms with Crippen molar-refractivity contribution in [2.75, 3.05) is 18.4 Å². The molecule has 166 valence electrons. The highest BCUT2D eigenvalue weighted by Crippen LogP contribution is 2.48. The first-order valence-electron chi connectivity index (χ1n) is 9.28. The summed E-state index contributed by atoms with van der Waals surface area (Å²) in [7, 11) is 0. The van der Waals surface area contributed by atoms with Gasteiger partial charge in [0.25, 0.3) is 0 Å². The van der Waals surface area contributed by atoms with Gasteiger partial charge in [-0.15, -0.1) is 0 Å². The zero-order chi connectivity index (χ0) is 22.6. The van der Waals surface area contributed by atoms with Crippen LogP contribution in [0.2, 0.25) is 0 Å². The maximum Gasteiger partial charge on any atom is 0.418 e. The molecular weight excluding hydrogens is 442 g/mol. The number of aldehydes is 1. The Morgan fingerprint density at radius 1 is 1.03 bits per heavy atom. The van der Waals surface area contributed by atoms with Crippen molar-refractivity contribution in [3.8, 4) is 0 Å². The molecule has 1 aliphatic heterocycles. The predicted octanol–water partition coefficient (Wildman–Crippen LogP) is 5.86. The monoisotopic (exact) mass is 460 g/mol. The smallest absolute Gasteiger partial charge is 0.381 e. The molecule has 1 unspecified atom stereocenters. The Bertz CT molecular complexity index is 965. The van der Waals surface area contributed by atoms with Crippen LogP contribution >= 0.6 is 11.8 Å². The van der Waals surface area contributed by atoms with Crippen LogP contribution in [0, 0.1) is 0 Å². The van der Waals surface area contributed by atoms with Crippen molar-refractivity contribution in [1.82, 2.24) is 5.32 Å². The Morgan fingerprint density at radius 3 is 2.39 bits per heavy atom. The molecule has 1 atom stereocenters. The van der Waals surface area contributed by atoms with Gasteiger partial charge in [0.05, 0.1) is 11.1 Å². The molecule has 31 heavy (non-hydrogen) atoms. The third-order valence-electron chi connectivity index (χ3n) is 4.61. The molecule has 1 aliphatic rings. The quantitative estimate of drug-likeness (QED) is 0.322. The van der Waals surface area contributed by atoms with Crippen molar-refractivity contribution in [1.29, 1.82) is 0 Å². The van der Waals surface area contributed by atoms with Crippen LogP contribution < -0.4 is 10.6 Å². The number of alkyl halides is 6. The van der Waals surface area contributed by atoms with Gasteiger partial charge in [-0.1, -0.05) is 30.0 Å². The minimum absolute atomic E-state index is 0.173. The molecule has 3 nitrogen and oxygen atoms in total. The van der Waals surface area contributed by atoms with Crippen LogP contribution in [-0.4, -0.2) is 25.4 Å². The normalized spacial score (nSPS) is 17.3. The van der Waals surface area contributed by atoms with Crippen molar-refractivity contribution in [2.45, 2.75) is 34.6 Å². The second kappa shape index (κ2) is 9.35. The molecule has 0 aliphatic carbocycles. The molecule has 1 heterocycles. The summed E-state index contributed by atoms with van der Waals surface area (Å²) in [5.41, 5.74) is -3.62. The zero-order valence-electron chi connectivity index (χ0n) is 16.0. The van der Waals surface area contributed by atoms with E-state index in [4.69, 9.17) is 0 Å². The SMILES string of the molecule is O=C/C=C/c1ccc(Sc2cccc(NC3CCNC3)c2)c(C(F)(F)F)c1C(F)(F)F. The Balaban J connectivity index is 2.03. The number of nitrogens with one attached hydrogen (secondary N) is 2. The summed E-state index contributed by atoms with van der Waals surface area (Å²) in [6.45, 7) is 1.60. The number of halogens is 6. The Hall–Kier alpha value is -2.46. The van der Waals surface area contributed by atoms with Gasteiger partial charge in [-0.05, 0) is 48.9 Å². The first-order chi connectivity index (χ1) is 14.6. The number of carbonyl (C=O) groups is 1. The largest absolute Gasteiger partial charge is 0.418 e. The van der Waals surface area contributed by atoms with Gasteiger partial charge in [0, 0.05) is 28.1 Å². The predicted molar refractivity (Wildman–Crippen MR) is 107 cm³/mol. The number of allylic oxidation sites excluding steroid dienone is 1. The van der Waals surface area contributed by atoms with Gasteiger partial charge in [-0.25, -0.2) is 0 Å². The Labute approximate surface area is 178 Å². The van der Waals surface area contributed by atoms with Crippen LogP contribution in [0.3, 0.4) is 0 Å². The molecule has 2 N–H and O–H groups in total. The summed E-state index contributed by atoms with van der Waals surface area (Å²) in [5.74, 6) is 0. The lowest BCUT2D eigenvalue weighted by Gasteiger charge is -2.21. The molecule has 2 aromatic rings. The minimum Gasteiger partial charge on any atom is -0.381 e. The van der Waals surface area contributed by atoms with Crippen LogP contribution in [0.5, 0.6) is 0 Å². The summed E-state index contributed by atoms with van der Waals surface area (Å²) >= 11 is 0.607. The second-order valence-electron chi connectivity index (χ2n) is 6.86. The van der Waals surface area contributed by atoms with Gasteiger partial charge in [0.15, 0.2) is 0 Å². The van der Waals surface area contributed by atoms with E-state index < -0.39 is 33.9 Å². The van der Waals surface area contributed by atoms with Gasteiger partial charge in [0.2, 0.25) is 0 Å². The van der Waals surface area contributed by atoms with Crippen molar-refractivity contribution in [3.05, 3.63) is 59.2 Å². The van der Waals surface area contributed by atoms with E-state index in [-0.39, 0.29) is 12.3 Å². The maximum atomic E-state index is 13.8. The Kier molecular flexibility index (Phi) is 7.00.